The molecule has 1 saturated heterocycles. The fourth-order valence-corrected chi connectivity index (χ4v) is 4.05. The summed E-state index contributed by atoms with van der Waals surface area (Å²) < 4.78 is 0. The van der Waals surface area contributed by atoms with E-state index in [1.807, 2.05) is 0 Å². The smallest absolute Gasteiger partial charge is 0.0434 e. The summed E-state index contributed by atoms with van der Waals surface area (Å²) in [4.78, 5) is 2.67. The molecule has 19 heavy (non-hydrogen) atoms. The van der Waals surface area contributed by atoms with Gasteiger partial charge in [-0.2, -0.15) is 0 Å². The predicted molar refractivity (Wildman–Crippen MR) is 80.3 cm³/mol. The summed E-state index contributed by atoms with van der Waals surface area (Å²) in [5.74, 6) is 1.57. The van der Waals surface area contributed by atoms with Crippen LogP contribution in [0.1, 0.15) is 51.4 Å². The molecule has 3 unspecified atom stereocenters. The zero-order chi connectivity index (χ0) is 13.5. The van der Waals surface area contributed by atoms with E-state index in [1.54, 1.807) is 0 Å². The van der Waals surface area contributed by atoms with Gasteiger partial charge in [0.1, 0.15) is 0 Å². The van der Waals surface area contributed by atoms with Crippen LogP contribution in [0.3, 0.4) is 0 Å². The van der Waals surface area contributed by atoms with Crippen LogP contribution in [0.5, 0.6) is 0 Å². The van der Waals surface area contributed by atoms with Gasteiger partial charge in [-0.05, 0) is 57.5 Å². The second-order valence-electron chi connectivity index (χ2n) is 6.57. The van der Waals surface area contributed by atoms with E-state index in [9.17, 15) is 0 Å². The van der Waals surface area contributed by atoms with Crippen molar-refractivity contribution in [1.29, 1.82) is 0 Å². The first-order valence-corrected chi connectivity index (χ1v) is 8.34. The molecule has 0 bridgehead atoms. The molecule has 2 fully saturated rings. The molecular formula is C16H32N2O. The summed E-state index contributed by atoms with van der Waals surface area (Å²) >= 11 is 0. The molecule has 1 saturated carbocycles. The molecule has 0 spiro atoms. The fraction of sp³-hybridized carbons (Fsp3) is 1.00. The molecule has 0 aromatic heterocycles. The molecule has 3 atom stereocenters. The van der Waals surface area contributed by atoms with Gasteiger partial charge in [-0.3, -0.25) is 0 Å². The Balaban J connectivity index is 1.83. The summed E-state index contributed by atoms with van der Waals surface area (Å²) in [5.41, 5.74) is 0. The fourth-order valence-electron chi connectivity index (χ4n) is 4.05. The molecule has 0 amide bonds. The predicted octanol–water partition coefficient (Wildman–Crippen LogP) is 2.25. The van der Waals surface area contributed by atoms with Gasteiger partial charge < -0.3 is 15.3 Å². The Labute approximate surface area is 118 Å². The van der Waals surface area contributed by atoms with Crippen molar-refractivity contribution in [2.24, 2.45) is 11.8 Å². The van der Waals surface area contributed by atoms with Gasteiger partial charge in [0.25, 0.3) is 0 Å². The summed E-state index contributed by atoms with van der Waals surface area (Å²) in [6, 6.07) is 0.723. The highest BCUT2D eigenvalue weighted by Gasteiger charge is 2.27. The number of nitrogens with zero attached hydrogens (tertiary/aromatic N) is 1. The van der Waals surface area contributed by atoms with Crippen LogP contribution in [-0.4, -0.2) is 49.3 Å². The maximum Gasteiger partial charge on any atom is 0.0434 e. The molecule has 1 aliphatic carbocycles. The third-order valence-corrected chi connectivity index (χ3v) is 5.16. The van der Waals surface area contributed by atoms with Gasteiger partial charge in [0, 0.05) is 25.7 Å². The highest BCUT2D eigenvalue weighted by atomic mass is 16.3. The van der Waals surface area contributed by atoms with E-state index in [0.717, 1.165) is 24.3 Å². The molecule has 0 aromatic rings. The van der Waals surface area contributed by atoms with E-state index in [-0.39, 0.29) is 0 Å². The molecule has 2 N–H and O–H groups in total. The Morgan fingerprint density at radius 1 is 1.11 bits per heavy atom. The number of hydrogen-bond acceptors (Lipinski definition) is 3. The maximum absolute atomic E-state index is 9.11. The van der Waals surface area contributed by atoms with Gasteiger partial charge in [-0.25, -0.2) is 0 Å². The van der Waals surface area contributed by atoms with Gasteiger partial charge in [-0.1, -0.05) is 19.3 Å². The number of hydrogen-bond donors (Lipinski definition) is 2. The Bertz CT molecular complexity index is 245. The molecule has 1 heterocycles. The second kappa shape index (κ2) is 8.23. The minimum atomic E-state index is 0.362. The van der Waals surface area contributed by atoms with Gasteiger partial charge in [0.2, 0.25) is 0 Å². The molecule has 0 aromatic carbocycles. The summed E-state index contributed by atoms with van der Waals surface area (Å²) in [7, 11) is 2.13. The van der Waals surface area contributed by atoms with Crippen molar-refractivity contribution < 1.29 is 5.11 Å². The average Bonchev–Trinajstić information content (AvgIpc) is 2.64. The molecular weight excluding hydrogens is 236 g/mol. The Morgan fingerprint density at radius 3 is 2.74 bits per heavy atom. The number of nitrogens with one attached hydrogen (secondary N) is 1. The van der Waals surface area contributed by atoms with Crippen LogP contribution in [-0.2, 0) is 0 Å². The van der Waals surface area contributed by atoms with Crippen molar-refractivity contribution in [2.75, 3.05) is 33.3 Å². The highest BCUT2D eigenvalue weighted by molar-refractivity contribution is 4.83. The zero-order valence-corrected chi connectivity index (χ0v) is 12.6. The number of piperidine rings is 1. The first-order valence-electron chi connectivity index (χ1n) is 8.34. The van der Waals surface area contributed by atoms with E-state index in [2.05, 4.69) is 17.3 Å². The van der Waals surface area contributed by atoms with Gasteiger partial charge >= 0.3 is 0 Å². The molecule has 0 radical (unpaired) electrons. The van der Waals surface area contributed by atoms with Crippen LogP contribution >= 0.6 is 0 Å². The Kier molecular flexibility index (Phi) is 6.62. The van der Waals surface area contributed by atoms with E-state index in [4.69, 9.17) is 5.11 Å². The number of aliphatic hydroxyl groups is 1. The van der Waals surface area contributed by atoms with Gasteiger partial charge in [0.15, 0.2) is 0 Å². The molecule has 3 nitrogen and oxygen atoms in total. The van der Waals surface area contributed by atoms with Crippen molar-refractivity contribution >= 4 is 0 Å². The minimum Gasteiger partial charge on any atom is -0.396 e. The minimum absolute atomic E-state index is 0.362. The maximum atomic E-state index is 9.11. The number of likely N-dealkylation sites (tertiary alicyclic amines) is 1. The lowest BCUT2D eigenvalue weighted by Crippen LogP contribution is -2.44. The van der Waals surface area contributed by atoms with Crippen LogP contribution in [0.15, 0.2) is 0 Å². The number of rotatable bonds is 5. The number of aliphatic hydroxyl groups excluding tert-OH is 1. The van der Waals surface area contributed by atoms with Gasteiger partial charge in [0.05, 0.1) is 0 Å². The lowest BCUT2D eigenvalue weighted by Gasteiger charge is -2.36. The third-order valence-electron chi connectivity index (χ3n) is 5.16. The van der Waals surface area contributed by atoms with E-state index in [1.165, 1.54) is 64.6 Å². The van der Waals surface area contributed by atoms with Crippen LogP contribution in [0, 0.1) is 11.8 Å². The largest absolute Gasteiger partial charge is 0.396 e. The summed E-state index contributed by atoms with van der Waals surface area (Å²) in [5, 5.41) is 12.7. The normalized spacial score (nSPS) is 34.1. The van der Waals surface area contributed by atoms with Crippen molar-refractivity contribution in [3.63, 3.8) is 0 Å². The van der Waals surface area contributed by atoms with Crippen LogP contribution < -0.4 is 5.32 Å². The highest BCUT2D eigenvalue weighted by Crippen LogP contribution is 2.26. The SMILES string of the molecule is CNC1CCCCCC1CN1CCCC(CCO)C1. The first kappa shape index (κ1) is 15.3. The van der Waals surface area contributed by atoms with Crippen molar-refractivity contribution in [3.8, 4) is 0 Å². The van der Waals surface area contributed by atoms with Crippen LogP contribution in [0.25, 0.3) is 0 Å². The third kappa shape index (κ3) is 4.73. The van der Waals surface area contributed by atoms with Crippen molar-refractivity contribution in [1.82, 2.24) is 10.2 Å². The lowest BCUT2D eigenvalue weighted by molar-refractivity contribution is 0.120. The first-order chi connectivity index (χ1) is 9.33. The lowest BCUT2D eigenvalue weighted by atomic mass is 9.91. The molecule has 3 heteroatoms. The van der Waals surface area contributed by atoms with E-state index < -0.39 is 0 Å². The molecule has 112 valence electrons. The zero-order valence-electron chi connectivity index (χ0n) is 12.6. The average molecular weight is 268 g/mol. The van der Waals surface area contributed by atoms with E-state index in [0.29, 0.717) is 6.61 Å². The van der Waals surface area contributed by atoms with Crippen LogP contribution in [0.4, 0.5) is 0 Å². The van der Waals surface area contributed by atoms with E-state index >= 15 is 0 Å². The van der Waals surface area contributed by atoms with Crippen molar-refractivity contribution in [3.05, 3.63) is 0 Å². The molecule has 2 aliphatic rings. The second-order valence-corrected chi connectivity index (χ2v) is 6.57. The van der Waals surface area contributed by atoms with Crippen LogP contribution in [0.2, 0.25) is 0 Å². The quantitative estimate of drug-likeness (QED) is 0.751. The van der Waals surface area contributed by atoms with Crippen molar-refractivity contribution in [2.45, 2.75) is 57.4 Å². The topological polar surface area (TPSA) is 35.5 Å². The standard InChI is InChI=1S/C16H32N2O/c1-17-16-8-4-2-3-7-15(16)13-18-10-5-6-14(12-18)9-11-19/h14-17,19H,2-13H2,1H3. The monoisotopic (exact) mass is 268 g/mol. The Hall–Kier alpha value is -0.120. The molecule has 1 aliphatic heterocycles. The van der Waals surface area contributed by atoms with Gasteiger partial charge in [-0.15, -0.1) is 0 Å². The summed E-state index contributed by atoms with van der Waals surface area (Å²) in [6.07, 6.45) is 10.6. The summed E-state index contributed by atoms with van der Waals surface area (Å²) in [6.45, 7) is 4.12. The molecule has 2 rings (SSSR count). The Morgan fingerprint density at radius 2 is 1.95 bits per heavy atom.